The van der Waals surface area contributed by atoms with Gasteiger partial charge in [-0.2, -0.15) is 0 Å². The zero-order valence-electron chi connectivity index (χ0n) is 14.8. The summed E-state index contributed by atoms with van der Waals surface area (Å²) in [4.78, 5) is 24.0. The second-order valence-corrected chi connectivity index (χ2v) is 7.43. The van der Waals surface area contributed by atoms with Crippen LogP contribution in [0.2, 0.25) is 0 Å². The van der Waals surface area contributed by atoms with Gasteiger partial charge in [0.25, 0.3) is 0 Å². The van der Waals surface area contributed by atoms with Gasteiger partial charge in [-0.15, -0.1) is 0 Å². The van der Waals surface area contributed by atoms with Crippen molar-refractivity contribution in [1.29, 1.82) is 0 Å². The average molecular weight is 486 g/mol. The van der Waals surface area contributed by atoms with Gasteiger partial charge in [0.2, 0.25) is 5.82 Å². The lowest BCUT2D eigenvalue weighted by molar-refractivity contribution is -0.384. The Labute approximate surface area is 174 Å². The Morgan fingerprint density at radius 1 is 1.14 bits per heavy atom. The van der Waals surface area contributed by atoms with Gasteiger partial charge in [0.05, 0.1) is 17.2 Å². The van der Waals surface area contributed by atoms with E-state index in [1.807, 2.05) is 60.0 Å². The van der Waals surface area contributed by atoms with E-state index < -0.39 is 4.92 Å². The number of aromatic nitrogens is 4. The molecule has 4 aromatic rings. The maximum absolute atomic E-state index is 11.5. The van der Waals surface area contributed by atoms with Crippen LogP contribution in [0.1, 0.15) is 18.5 Å². The third-order valence-electron chi connectivity index (χ3n) is 4.32. The number of halogens is 1. The summed E-state index contributed by atoms with van der Waals surface area (Å²) in [5.41, 5.74) is 2.25. The van der Waals surface area contributed by atoms with E-state index >= 15 is 0 Å². The number of hydrogen-bond acceptors (Lipinski definition) is 6. The molecule has 0 aliphatic heterocycles. The van der Waals surface area contributed by atoms with Gasteiger partial charge in [-0.3, -0.25) is 14.5 Å². The molecule has 1 atom stereocenters. The molecule has 1 aromatic carbocycles. The Morgan fingerprint density at radius 2 is 1.93 bits per heavy atom. The highest BCUT2D eigenvalue weighted by Gasteiger charge is 2.21. The molecule has 3 aromatic heterocycles. The molecule has 1 N–H and O–H groups in total. The quantitative estimate of drug-likeness (QED) is 0.254. The molecule has 9 heteroatoms. The van der Waals surface area contributed by atoms with Gasteiger partial charge < -0.3 is 5.32 Å². The molecule has 140 valence electrons. The van der Waals surface area contributed by atoms with Gasteiger partial charge in [0.15, 0.2) is 5.82 Å². The highest BCUT2D eigenvalue weighted by Crippen LogP contribution is 2.28. The second kappa shape index (κ2) is 7.50. The topological polar surface area (TPSA) is 98.2 Å². The number of nitro groups is 1. The highest BCUT2D eigenvalue weighted by atomic mass is 127. The highest BCUT2D eigenvalue weighted by molar-refractivity contribution is 14.1. The smallest absolute Gasteiger partial charge is 0.329 e. The van der Waals surface area contributed by atoms with Gasteiger partial charge in [-0.25, -0.2) is 15.0 Å². The Balaban J connectivity index is 1.77. The van der Waals surface area contributed by atoms with Crippen LogP contribution < -0.4 is 5.32 Å². The van der Waals surface area contributed by atoms with Crippen LogP contribution in [-0.2, 0) is 0 Å². The van der Waals surface area contributed by atoms with Gasteiger partial charge in [-0.05, 0) is 47.2 Å². The zero-order valence-corrected chi connectivity index (χ0v) is 16.9. The van der Waals surface area contributed by atoms with Crippen LogP contribution in [-0.4, -0.2) is 24.3 Å². The van der Waals surface area contributed by atoms with Gasteiger partial charge >= 0.3 is 5.69 Å². The molecule has 4 rings (SSSR count). The number of benzene rings is 1. The Kier molecular flexibility index (Phi) is 4.90. The molecule has 28 heavy (non-hydrogen) atoms. The first-order valence-electron chi connectivity index (χ1n) is 8.49. The summed E-state index contributed by atoms with van der Waals surface area (Å²) >= 11 is 2.21. The summed E-state index contributed by atoms with van der Waals surface area (Å²) in [6.45, 7) is 1.93. The largest absolute Gasteiger partial charge is 0.358 e. The molecule has 8 nitrogen and oxygen atoms in total. The number of hydrogen-bond donors (Lipinski definition) is 1. The van der Waals surface area contributed by atoms with Crippen molar-refractivity contribution in [2.24, 2.45) is 0 Å². The molecule has 0 fully saturated rings. The first-order valence-corrected chi connectivity index (χ1v) is 9.56. The molecule has 0 saturated carbocycles. The fourth-order valence-corrected chi connectivity index (χ4v) is 3.35. The van der Waals surface area contributed by atoms with E-state index in [1.54, 1.807) is 6.20 Å². The number of fused-ring (bicyclic) bond motifs is 1. The molecule has 3 heterocycles. The summed E-state index contributed by atoms with van der Waals surface area (Å²) in [6, 6.07) is 13.4. The lowest BCUT2D eigenvalue weighted by Crippen LogP contribution is -2.11. The normalized spacial score (nSPS) is 12.1. The molecular formula is C19H15IN6O2. The minimum atomic E-state index is -0.485. The number of nitrogens with zero attached hydrogens (tertiary/aromatic N) is 5. The van der Waals surface area contributed by atoms with Crippen molar-refractivity contribution in [3.8, 4) is 11.5 Å². The standard InChI is InChI=1S/C19H15IN6O2/c1-12(13-5-3-2-4-6-13)23-19-16(26(27)28)10-22-18(24-19)15-9-21-17-8-7-14(20)11-25(15)17/h2-12H,1H3,(H,22,23,24)/t12-/m0/s1. The van der Waals surface area contributed by atoms with E-state index in [1.165, 1.54) is 6.20 Å². The first kappa shape index (κ1) is 18.3. The van der Waals surface area contributed by atoms with Crippen molar-refractivity contribution >= 4 is 39.7 Å². The molecular weight excluding hydrogens is 471 g/mol. The first-order chi connectivity index (χ1) is 13.5. The van der Waals surface area contributed by atoms with E-state index in [-0.39, 0.29) is 17.5 Å². The number of imidazole rings is 1. The van der Waals surface area contributed by atoms with Crippen LogP contribution in [0.15, 0.2) is 61.1 Å². The predicted molar refractivity (Wildman–Crippen MR) is 114 cm³/mol. The summed E-state index contributed by atoms with van der Waals surface area (Å²) in [7, 11) is 0. The predicted octanol–water partition coefficient (Wildman–Crippen LogP) is 4.48. The minimum Gasteiger partial charge on any atom is -0.358 e. The number of anilines is 1. The van der Waals surface area contributed by atoms with E-state index in [0.717, 1.165) is 14.8 Å². The Bertz CT molecular complexity index is 1160. The van der Waals surface area contributed by atoms with E-state index in [4.69, 9.17) is 0 Å². The summed E-state index contributed by atoms with van der Waals surface area (Å²) in [6.07, 6.45) is 4.81. The third-order valence-corrected chi connectivity index (χ3v) is 4.96. The molecule has 0 aliphatic rings. The fourth-order valence-electron chi connectivity index (χ4n) is 2.89. The maximum Gasteiger partial charge on any atom is 0.329 e. The maximum atomic E-state index is 11.5. The zero-order chi connectivity index (χ0) is 19.7. The second-order valence-electron chi connectivity index (χ2n) is 6.18. The molecule has 0 radical (unpaired) electrons. The summed E-state index contributed by atoms with van der Waals surface area (Å²) in [5, 5.41) is 14.6. The van der Waals surface area contributed by atoms with Crippen molar-refractivity contribution < 1.29 is 4.92 Å². The molecule has 0 saturated heterocycles. The van der Waals surface area contributed by atoms with Crippen molar-refractivity contribution in [2.45, 2.75) is 13.0 Å². The van der Waals surface area contributed by atoms with Gasteiger partial charge in [-0.1, -0.05) is 30.3 Å². The van der Waals surface area contributed by atoms with E-state index in [9.17, 15) is 10.1 Å². The number of nitrogens with one attached hydrogen (secondary N) is 1. The lowest BCUT2D eigenvalue weighted by Gasteiger charge is -2.15. The van der Waals surface area contributed by atoms with Crippen LogP contribution in [0.5, 0.6) is 0 Å². The van der Waals surface area contributed by atoms with Crippen molar-refractivity contribution in [2.75, 3.05) is 5.32 Å². The Hall–Kier alpha value is -3.08. The van der Waals surface area contributed by atoms with Gasteiger partial charge in [0, 0.05) is 9.77 Å². The van der Waals surface area contributed by atoms with Crippen LogP contribution in [0.4, 0.5) is 11.5 Å². The minimum absolute atomic E-state index is 0.161. The Morgan fingerprint density at radius 3 is 2.68 bits per heavy atom. The molecule has 0 bridgehead atoms. The van der Waals surface area contributed by atoms with Crippen molar-refractivity contribution in [3.05, 3.63) is 80.3 Å². The van der Waals surface area contributed by atoms with Crippen LogP contribution in [0.3, 0.4) is 0 Å². The third kappa shape index (κ3) is 3.52. The van der Waals surface area contributed by atoms with Crippen molar-refractivity contribution in [1.82, 2.24) is 19.4 Å². The molecule has 0 spiro atoms. The van der Waals surface area contributed by atoms with Crippen LogP contribution >= 0.6 is 22.6 Å². The van der Waals surface area contributed by atoms with Crippen LogP contribution in [0, 0.1) is 13.7 Å². The average Bonchev–Trinajstić information content (AvgIpc) is 3.11. The van der Waals surface area contributed by atoms with E-state index in [2.05, 4.69) is 42.9 Å². The monoisotopic (exact) mass is 486 g/mol. The fraction of sp³-hybridized carbons (Fsp3) is 0.105. The number of pyridine rings is 1. The van der Waals surface area contributed by atoms with Gasteiger partial charge in [0.1, 0.15) is 17.5 Å². The molecule has 0 unspecified atom stereocenters. The van der Waals surface area contributed by atoms with Crippen LogP contribution in [0.25, 0.3) is 17.2 Å². The molecule has 0 amide bonds. The number of rotatable bonds is 5. The summed E-state index contributed by atoms with van der Waals surface area (Å²) < 4.78 is 2.90. The van der Waals surface area contributed by atoms with E-state index in [0.29, 0.717) is 11.5 Å². The lowest BCUT2D eigenvalue weighted by atomic mass is 10.1. The summed E-state index contributed by atoms with van der Waals surface area (Å²) in [5.74, 6) is 0.537. The van der Waals surface area contributed by atoms with Crippen molar-refractivity contribution in [3.63, 3.8) is 0 Å². The SMILES string of the molecule is C[C@H](Nc1nc(-c2cnc3ccc(I)cn23)ncc1[N+](=O)[O-])c1ccccc1. The molecule has 0 aliphatic carbocycles.